The van der Waals surface area contributed by atoms with Crippen LogP contribution in [0.5, 0.6) is 28.7 Å². The van der Waals surface area contributed by atoms with Crippen molar-refractivity contribution in [1.82, 2.24) is 4.98 Å². The lowest BCUT2D eigenvalue weighted by atomic mass is 10.0. The highest BCUT2D eigenvalue weighted by molar-refractivity contribution is 7.20. The molecule has 174 valence electrons. The van der Waals surface area contributed by atoms with E-state index < -0.39 is 0 Å². The van der Waals surface area contributed by atoms with E-state index in [1.807, 2.05) is 61.5 Å². The molecule has 0 aliphatic carbocycles. The largest absolute Gasteiger partial charge is 0.497 e. The molecule has 0 bridgehead atoms. The Morgan fingerprint density at radius 3 is 2.18 bits per heavy atom. The van der Waals surface area contributed by atoms with Crippen LogP contribution in [0.15, 0.2) is 60.9 Å². The van der Waals surface area contributed by atoms with Gasteiger partial charge in [0.15, 0.2) is 23.0 Å². The Bertz CT molecular complexity index is 1330. The van der Waals surface area contributed by atoms with E-state index in [9.17, 15) is 4.79 Å². The zero-order chi connectivity index (χ0) is 24.1. The van der Waals surface area contributed by atoms with Gasteiger partial charge in [0.2, 0.25) is 0 Å². The minimum atomic E-state index is 0.0363. The lowest BCUT2D eigenvalue weighted by molar-refractivity contribution is -0.113. The van der Waals surface area contributed by atoms with Crippen LogP contribution in [0.1, 0.15) is 23.8 Å². The van der Waals surface area contributed by atoms with Gasteiger partial charge in [0, 0.05) is 40.5 Å². The van der Waals surface area contributed by atoms with Crippen LogP contribution >= 0.6 is 11.3 Å². The van der Waals surface area contributed by atoms with Gasteiger partial charge in [-0.15, -0.1) is 11.3 Å². The maximum Gasteiger partial charge on any atom is 0.163 e. The molecular weight excluding hydrogens is 450 g/mol. The first kappa shape index (κ1) is 23.3. The van der Waals surface area contributed by atoms with Crippen LogP contribution < -0.4 is 18.9 Å². The third-order valence-corrected chi connectivity index (χ3v) is 6.42. The number of methoxy groups -OCH3 is 3. The number of carbonyl (C=O) groups excluding carboxylic acids is 1. The minimum absolute atomic E-state index is 0.0363. The van der Waals surface area contributed by atoms with Crippen molar-refractivity contribution in [2.75, 3.05) is 21.3 Å². The average Bonchev–Trinajstić information content (AvgIpc) is 3.22. The van der Waals surface area contributed by atoms with Gasteiger partial charge in [0.25, 0.3) is 0 Å². The minimum Gasteiger partial charge on any atom is -0.497 e. The molecule has 0 saturated carbocycles. The Labute approximate surface area is 202 Å². The molecule has 4 aromatic rings. The molecule has 0 aliphatic heterocycles. The molecule has 0 N–H and O–H groups in total. The van der Waals surface area contributed by atoms with Crippen molar-refractivity contribution in [3.8, 4) is 28.7 Å². The highest BCUT2D eigenvalue weighted by Crippen LogP contribution is 2.46. The fraction of sp³-hybridized carbons (Fsp3) is 0.185. The number of aromatic nitrogens is 1. The summed E-state index contributed by atoms with van der Waals surface area (Å²) in [6.07, 6.45) is 5.64. The number of rotatable bonds is 9. The van der Waals surface area contributed by atoms with Crippen LogP contribution in [0.25, 0.3) is 21.7 Å². The first-order valence-electron chi connectivity index (χ1n) is 10.7. The highest BCUT2D eigenvalue weighted by atomic mass is 32.1. The molecule has 6 nitrogen and oxygen atoms in total. The van der Waals surface area contributed by atoms with Crippen molar-refractivity contribution >= 4 is 38.9 Å². The van der Waals surface area contributed by atoms with E-state index in [2.05, 4.69) is 4.98 Å². The zero-order valence-electron chi connectivity index (χ0n) is 19.5. The molecule has 0 unspecified atom stereocenters. The Morgan fingerprint density at radius 1 is 0.912 bits per heavy atom. The summed E-state index contributed by atoms with van der Waals surface area (Å²) < 4.78 is 23.6. The number of benzene rings is 2. The lowest BCUT2D eigenvalue weighted by Crippen LogP contribution is -2.00. The van der Waals surface area contributed by atoms with E-state index in [0.717, 1.165) is 26.3 Å². The van der Waals surface area contributed by atoms with Gasteiger partial charge in [-0.1, -0.05) is 6.92 Å². The summed E-state index contributed by atoms with van der Waals surface area (Å²) in [4.78, 5) is 17.8. The third kappa shape index (κ3) is 4.75. The quantitative estimate of drug-likeness (QED) is 0.253. The predicted molar refractivity (Wildman–Crippen MR) is 135 cm³/mol. The molecule has 0 saturated heterocycles. The van der Waals surface area contributed by atoms with Crippen LogP contribution in [0, 0.1) is 0 Å². The van der Waals surface area contributed by atoms with Crippen LogP contribution in [0.3, 0.4) is 0 Å². The van der Waals surface area contributed by atoms with Crippen molar-refractivity contribution < 1.29 is 23.7 Å². The second kappa shape index (κ2) is 10.4. The van der Waals surface area contributed by atoms with Gasteiger partial charge < -0.3 is 18.9 Å². The molecule has 0 fully saturated rings. The molecule has 2 heterocycles. The molecule has 0 amide bonds. The number of Topliss-reactive ketones (excluding diaryl/α,β-unsaturated/α-hetero) is 1. The first-order valence-corrected chi connectivity index (χ1v) is 11.5. The standard InChI is InChI=1S/C27H25NO5S/c1-5-22(29)20(17-10-12-28-13-11-17)15-26-27(33-19-8-6-18(30-2)7-9-19)21-14-23(31-3)24(32-4)16-25(21)34-26/h6-16H,5H2,1-4H3/b20-15+. The van der Waals surface area contributed by atoms with Gasteiger partial charge >= 0.3 is 0 Å². The molecule has 34 heavy (non-hydrogen) atoms. The maximum absolute atomic E-state index is 12.9. The van der Waals surface area contributed by atoms with E-state index in [4.69, 9.17) is 18.9 Å². The lowest BCUT2D eigenvalue weighted by Gasteiger charge is -2.10. The topological polar surface area (TPSA) is 66.9 Å². The van der Waals surface area contributed by atoms with Crippen LogP contribution in [0.4, 0.5) is 0 Å². The summed E-state index contributed by atoms with van der Waals surface area (Å²) in [5.41, 5.74) is 1.42. The average molecular weight is 476 g/mol. The van der Waals surface area contributed by atoms with Gasteiger partial charge in [0.1, 0.15) is 11.5 Å². The van der Waals surface area contributed by atoms with Crippen molar-refractivity contribution in [3.63, 3.8) is 0 Å². The number of hydrogen-bond donors (Lipinski definition) is 0. The van der Waals surface area contributed by atoms with Crippen LogP contribution in [-0.4, -0.2) is 32.1 Å². The molecule has 0 aliphatic rings. The van der Waals surface area contributed by atoms with E-state index in [-0.39, 0.29) is 5.78 Å². The number of fused-ring (bicyclic) bond motifs is 1. The monoisotopic (exact) mass is 475 g/mol. The number of thiophene rings is 1. The number of allylic oxidation sites excluding steroid dienone is 1. The van der Waals surface area contributed by atoms with Gasteiger partial charge in [-0.25, -0.2) is 0 Å². The molecule has 0 spiro atoms. The number of hydrogen-bond acceptors (Lipinski definition) is 7. The fourth-order valence-corrected chi connectivity index (χ4v) is 4.65. The summed E-state index contributed by atoms with van der Waals surface area (Å²) in [5.74, 6) is 3.29. The van der Waals surface area contributed by atoms with Gasteiger partial charge in [0.05, 0.1) is 26.2 Å². The van der Waals surface area contributed by atoms with Crippen LogP contribution in [-0.2, 0) is 4.79 Å². The molecular formula is C27H25NO5S. The fourth-order valence-electron chi connectivity index (χ4n) is 3.56. The Morgan fingerprint density at radius 2 is 1.56 bits per heavy atom. The van der Waals surface area contributed by atoms with E-state index in [1.54, 1.807) is 33.7 Å². The second-order valence-electron chi connectivity index (χ2n) is 7.35. The number of pyridine rings is 1. The van der Waals surface area contributed by atoms with E-state index in [0.29, 0.717) is 35.0 Å². The van der Waals surface area contributed by atoms with E-state index >= 15 is 0 Å². The molecule has 0 atom stereocenters. The number of ketones is 1. The molecule has 4 rings (SSSR count). The van der Waals surface area contributed by atoms with Gasteiger partial charge in [-0.2, -0.15) is 0 Å². The third-order valence-electron chi connectivity index (χ3n) is 5.34. The molecule has 7 heteroatoms. The summed E-state index contributed by atoms with van der Waals surface area (Å²) in [6, 6.07) is 14.9. The van der Waals surface area contributed by atoms with Crippen molar-refractivity contribution in [3.05, 3.63) is 71.4 Å². The van der Waals surface area contributed by atoms with Crippen molar-refractivity contribution in [1.29, 1.82) is 0 Å². The smallest absolute Gasteiger partial charge is 0.163 e. The summed E-state index contributed by atoms with van der Waals surface area (Å²) in [7, 11) is 4.83. The van der Waals surface area contributed by atoms with Crippen molar-refractivity contribution in [2.45, 2.75) is 13.3 Å². The maximum atomic E-state index is 12.9. The SMILES string of the molecule is CCC(=O)/C(=C/c1sc2cc(OC)c(OC)cc2c1Oc1ccc(OC)cc1)c1ccncc1. The van der Waals surface area contributed by atoms with Gasteiger partial charge in [-0.05, 0) is 54.1 Å². The molecule has 2 aromatic carbocycles. The number of nitrogens with zero attached hydrogens (tertiary/aromatic N) is 1. The van der Waals surface area contributed by atoms with Crippen LogP contribution in [0.2, 0.25) is 0 Å². The number of carbonyl (C=O) groups is 1. The van der Waals surface area contributed by atoms with Gasteiger partial charge in [-0.3, -0.25) is 9.78 Å². The molecule has 2 aromatic heterocycles. The molecule has 0 radical (unpaired) electrons. The summed E-state index contributed by atoms with van der Waals surface area (Å²) in [5, 5.41) is 0.864. The summed E-state index contributed by atoms with van der Waals surface area (Å²) in [6.45, 7) is 1.85. The highest BCUT2D eigenvalue weighted by Gasteiger charge is 2.19. The zero-order valence-corrected chi connectivity index (χ0v) is 20.3. The Balaban J connectivity index is 1.92. The van der Waals surface area contributed by atoms with Crippen molar-refractivity contribution in [2.24, 2.45) is 0 Å². The normalized spacial score (nSPS) is 11.4. The summed E-state index contributed by atoms with van der Waals surface area (Å²) >= 11 is 1.52. The Hall–Kier alpha value is -3.84. The number of ether oxygens (including phenoxy) is 4. The predicted octanol–water partition coefficient (Wildman–Crippen LogP) is 6.63. The first-order chi connectivity index (χ1) is 16.6. The Kier molecular flexibility index (Phi) is 7.13. The van der Waals surface area contributed by atoms with E-state index in [1.165, 1.54) is 11.3 Å². The second-order valence-corrected chi connectivity index (χ2v) is 8.43.